The van der Waals surface area contributed by atoms with E-state index in [0.717, 1.165) is 31.1 Å². The molecular weight excluding hydrogens is 424 g/mol. The Kier molecular flexibility index (Phi) is 6.81. The van der Waals surface area contributed by atoms with Crippen molar-refractivity contribution < 1.29 is 14.3 Å². The number of amides is 2. The molecule has 0 radical (unpaired) electrons. The van der Waals surface area contributed by atoms with Gasteiger partial charge in [0.1, 0.15) is 0 Å². The lowest BCUT2D eigenvalue weighted by Crippen LogP contribution is -2.51. The van der Waals surface area contributed by atoms with Crippen LogP contribution in [0.2, 0.25) is 0 Å². The Morgan fingerprint density at radius 2 is 1.97 bits per heavy atom. The summed E-state index contributed by atoms with van der Waals surface area (Å²) in [6.45, 7) is 10.3. The summed E-state index contributed by atoms with van der Waals surface area (Å²) in [5.41, 5.74) is 4.95. The third kappa shape index (κ3) is 4.81. The first kappa shape index (κ1) is 22.4. The Balaban J connectivity index is 1.52. The van der Waals surface area contributed by atoms with E-state index in [1.807, 2.05) is 17.5 Å². The number of hydrogen-bond donors (Lipinski definition) is 2. The minimum absolute atomic E-state index is 0.287. The SMILES string of the molecule is CCOC(=O)C1=C(CN2CCN(c3ccc(C)cc3C)CC2)NC(=O)N[C@@H]1c1cccs1. The molecule has 0 aliphatic carbocycles. The van der Waals surface area contributed by atoms with Gasteiger partial charge in [0, 0.05) is 49.0 Å². The molecule has 2 N–H and O–H groups in total. The van der Waals surface area contributed by atoms with Gasteiger partial charge < -0.3 is 20.3 Å². The Hall–Kier alpha value is -2.84. The molecule has 2 aromatic rings. The number of thiophene rings is 1. The number of nitrogens with one attached hydrogen (secondary N) is 2. The Morgan fingerprint density at radius 1 is 1.19 bits per heavy atom. The molecule has 3 heterocycles. The fraction of sp³-hybridized carbons (Fsp3) is 0.417. The second-order valence-corrected chi connectivity index (χ2v) is 9.19. The molecule has 0 spiro atoms. The van der Waals surface area contributed by atoms with Crippen LogP contribution in [0.1, 0.15) is 29.0 Å². The quantitative estimate of drug-likeness (QED) is 0.655. The predicted molar refractivity (Wildman–Crippen MR) is 127 cm³/mol. The first-order chi connectivity index (χ1) is 15.5. The number of nitrogens with zero attached hydrogens (tertiary/aromatic N) is 2. The van der Waals surface area contributed by atoms with E-state index in [1.54, 1.807) is 6.92 Å². The van der Waals surface area contributed by atoms with Crippen LogP contribution in [0.4, 0.5) is 10.5 Å². The molecule has 32 heavy (non-hydrogen) atoms. The highest BCUT2D eigenvalue weighted by atomic mass is 32.1. The van der Waals surface area contributed by atoms with Crippen LogP contribution >= 0.6 is 11.3 Å². The highest BCUT2D eigenvalue weighted by Crippen LogP contribution is 2.31. The van der Waals surface area contributed by atoms with Gasteiger partial charge >= 0.3 is 12.0 Å². The molecule has 4 rings (SSSR count). The number of esters is 1. The maximum atomic E-state index is 12.9. The molecular formula is C24H30N4O3S. The van der Waals surface area contributed by atoms with E-state index >= 15 is 0 Å². The largest absolute Gasteiger partial charge is 0.463 e. The van der Waals surface area contributed by atoms with Crippen LogP contribution in [-0.4, -0.2) is 56.2 Å². The van der Waals surface area contributed by atoms with Crippen molar-refractivity contribution in [3.8, 4) is 0 Å². The standard InChI is InChI=1S/C24H30N4O3S/c1-4-31-23(29)21-18(25-24(30)26-22(21)20-6-5-13-32-20)15-27-9-11-28(12-10-27)19-8-7-16(2)14-17(19)3/h5-8,13-14,22H,4,9-12,15H2,1-3H3,(H2,25,26,30)/t22-/m1/s1. The minimum Gasteiger partial charge on any atom is -0.463 e. The average Bonchev–Trinajstić information content (AvgIpc) is 3.29. The average molecular weight is 455 g/mol. The fourth-order valence-corrected chi connectivity index (χ4v) is 5.18. The van der Waals surface area contributed by atoms with Crippen molar-refractivity contribution in [1.82, 2.24) is 15.5 Å². The monoisotopic (exact) mass is 454 g/mol. The van der Waals surface area contributed by atoms with E-state index in [9.17, 15) is 9.59 Å². The lowest BCUT2D eigenvalue weighted by molar-refractivity contribution is -0.139. The van der Waals surface area contributed by atoms with Crippen molar-refractivity contribution in [3.63, 3.8) is 0 Å². The van der Waals surface area contributed by atoms with E-state index in [1.165, 1.54) is 28.2 Å². The van der Waals surface area contributed by atoms with Gasteiger partial charge in [-0.1, -0.05) is 23.8 Å². The third-order valence-corrected chi connectivity index (χ3v) is 6.86. The summed E-state index contributed by atoms with van der Waals surface area (Å²) in [5, 5.41) is 7.71. The lowest BCUT2D eigenvalue weighted by Gasteiger charge is -2.38. The molecule has 170 valence electrons. The summed E-state index contributed by atoms with van der Waals surface area (Å²) < 4.78 is 5.35. The second-order valence-electron chi connectivity index (χ2n) is 8.21. The smallest absolute Gasteiger partial charge is 0.338 e. The van der Waals surface area contributed by atoms with Crippen molar-refractivity contribution in [2.45, 2.75) is 26.8 Å². The summed E-state index contributed by atoms with van der Waals surface area (Å²) >= 11 is 1.51. The van der Waals surface area contributed by atoms with E-state index in [2.05, 4.69) is 52.5 Å². The normalized spacial score (nSPS) is 19.5. The van der Waals surface area contributed by atoms with Gasteiger partial charge in [-0.05, 0) is 43.8 Å². The maximum Gasteiger partial charge on any atom is 0.338 e. The van der Waals surface area contributed by atoms with E-state index in [0.29, 0.717) is 17.8 Å². The molecule has 1 fully saturated rings. The number of benzene rings is 1. The van der Waals surface area contributed by atoms with Crippen LogP contribution in [-0.2, 0) is 9.53 Å². The number of ether oxygens (including phenoxy) is 1. The summed E-state index contributed by atoms with van der Waals surface area (Å²) in [7, 11) is 0. The van der Waals surface area contributed by atoms with Crippen molar-refractivity contribution in [1.29, 1.82) is 0 Å². The van der Waals surface area contributed by atoms with Crippen LogP contribution in [0.15, 0.2) is 47.0 Å². The summed E-state index contributed by atoms with van der Waals surface area (Å²) in [6.07, 6.45) is 0. The number of anilines is 1. The van der Waals surface area contributed by atoms with Crippen LogP contribution in [0.3, 0.4) is 0 Å². The van der Waals surface area contributed by atoms with E-state index in [4.69, 9.17) is 4.74 Å². The van der Waals surface area contributed by atoms with E-state index in [-0.39, 0.29) is 18.6 Å². The van der Waals surface area contributed by atoms with Crippen LogP contribution in [0.25, 0.3) is 0 Å². The van der Waals surface area contributed by atoms with Gasteiger partial charge in [-0.3, -0.25) is 4.90 Å². The van der Waals surface area contributed by atoms with Gasteiger partial charge in [0.2, 0.25) is 0 Å². The second kappa shape index (κ2) is 9.75. The van der Waals surface area contributed by atoms with Gasteiger partial charge in [0.05, 0.1) is 18.2 Å². The van der Waals surface area contributed by atoms with Gasteiger partial charge in [-0.25, -0.2) is 9.59 Å². The highest BCUT2D eigenvalue weighted by molar-refractivity contribution is 7.10. The van der Waals surface area contributed by atoms with Crippen molar-refractivity contribution in [3.05, 3.63) is 63.0 Å². The summed E-state index contributed by atoms with van der Waals surface area (Å²) in [4.78, 5) is 30.9. The molecule has 1 saturated heterocycles. The van der Waals surface area contributed by atoms with Crippen molar-refractivity contribution >= 4 is 29.0 Å². The van der Waals surface area contributed by atoms with Crippen LogP contribution in [0, 0.1) is 13.8 Å². The Morgan fingerprint density at radius 3 is 2.62 bits per heavy atom. The van der Waals surface area contributed by atoms with Gasteiger partial charge in [0.15, 0.2) is 0 Å². The van der Waals surface area contributed by atoms with Gasteiger partial charge in [-0.15, -0.1) is 11.3 Å². The first-order valence-corrected chi connectivity index (χ1v) is 11.9. The maximum absolute atomic E-state index is 12.9. The summed E-state index contributed by atoms with van der Waals surface area (Å²) in [5.74, 6) is -0.387. The van der Waals surface area contributed by atoms with Crippen LogP contribution in [0.5, 0.6) is 0 Å². The molecule has 7 nitrogen and oxygen atoms in total. The molecule has 2 aliphatic rings. The fourth-order valence-electron chi connectivity index (χ4n) is 4.39. The van der Waals surface area contributed by atoms with Crippen molar-refractivity contribution in [2.24, 2.45) is 0 Å². The van der Waals surface area contributed by atoms with Gasteiger partial charge in [0.25, 0.3) is 0 Å². The molecule has 1 aromatic heterocycles. The Bertz CT molecular complexity index is 1010. The molecule has 1 atom stereocenters. The summed E-state index contributed by atoms with van der Waals surface area (Å²) in [6, 6.07) is 9.63. The third-order valence-electron chi connectivity index (χ3n) is 5.92. The number of urea groups is 1. The Labute approximate surface area is 193 Å². The molecule has 1 aromatic carbocycles. The van der Waals surface area contributed by atoms with Crippen LogP contribution < -0.4 is 15.5 Å². The number of rotatable bonds is 6. The highest BCUT2D eigenvalue weighted by Gasteiger charge is 2.35. The number of aryl methyl sites for hydroxylation is 2. The lowest BCUT2D eigenvalue weighted by atomic mass is 10.0. The molecule has 0 bridgehead atoms. The number of hydrogen-bond acceptors (Lipinski definition) is 6. The number of carbonyl (C=O) groups is 2. The topological polar surface area (TPSA) is 73.9 Å². The zero-order chi connectivity index (χ0) is 22.7. The molecule has 2 aliphatic heterocycles. The molecule has 0 unspecified atom stereocenters. The minimum atomic E-state index is -0.491. The zero-order valence-electron chi connectivity index (χ0n) is 18.8. The first-order valence-electron chi connectivity index (χ1n) is 11.0. The predicted octanol–water partition coefficient (Wildman–Crippen LogP) is 3.36. The molecule has 2 amide bonds. The number of carbonyl (C=O) groups excluding carboxylic acids is 2. The number of piperazine rings is 1. The molecule has 8 heteroatoms. The van der Waals surface area contributed by atoms with Gasteiger partial charge in [-0.2, -0.15) is 0 Å². The molecule has 0 saturated carbocycles. The zero-order valence-corrected chi connectivity index (χ0v) is 19.6. The van der Waals surface area contributed by atoms with Crippen molar-refractivity contribution in [2.75, 3.05) is 44.2 Å². The van der Waals surface area contributed by atoms with E-state index < -0.39 is 6.04 Å².